The number of aromatic nitrogens is 1. The lowest BCUT2D eigenvalue weighted by Crippen LogP contribution is -2.22. The molecule has 0 radical (unpaired) electrons. The minimum Gasteiger partial charge on any atom is -0.436 e. The van der Waals surface area contributed by atoms with Gasteiger partial charge >= 0.3 is 0 Å². The number of carbonyl (C=O) groups is 1. The van der Waals surface area contributed by atoms with Crippen LogP contribution in [-0.2, 0) is 6.61 Å². The van der Waals surface area contributed by atoms with E-state index >= 15 is 0 Å². The predicted octanol–water partition coefficient (Wildman–Crippen LogP) is 2.27. The standard InChI is InChI=1S/C18H17N3O3/c1-10-4-3-5-13(6-10)21-18-15(17(19)23)7-14-12(9-22)8-20-11(2)16(14)24-18/h3-8,22H,9H2,1-2H3,(H2,19,23). The van der Waals surface area contributed by atoms with Crippen LogP contribution in [0.15, 0.2) is 45.9 Å². The van der Waals surface area contributed by atoms with E-state index in [4.69, 9.17) is 10.2 Å². The maximum atomic E-state index is 11.8. The Bertz CT molecular complexity index is 1010. The van der Waals surface area contributed by atoms with Crippen LogP contribution in [0.25, 0.3) is 11.0 Å². The number of nitrogens with two attached hydrogens (primary N) is 1. The highest BCUT2D eigenvalue weighted by Crippen LogP contribution is 2.21. The third-order valence-electron chi connectivity index (χ3n) is 3.72. The molecular weight excluding hydrogens is 306 g/mol. The van der Waals surface area contributed by atoms with E-state index in [-0.39, 0.29) is 17.7 Å². The number of fused-ring (bicyclic) bond motifs is 1. The SMILES string of the molecule is Cc1cccc(N=c2oc3c(C)ncc(CO)c3cc2C(N)=O)c1. The Morgan fingerprint density at radius 1 is 1.33 bits per heavy atom. The van der Waals surface area contributed by atoms with Crippen molar-refractivity contribution >= 4 is 22.6 Å². The Labute approximate surface area is 138 Å². The van der Waals surface area contributed by atoms with Crippen molar-refractivity contribution < 1.29 is 14.3 Å². The number of carbonyl (C=O) groups excluding carboxylic acids is 1. The lowest BCUT2D eigenvalue weighted by Gasteiger charge is -2.07. The third-order valence-corrected chi connectivity index (χ3v) is 3.72. The zero-order valence-electron chi connectivity index (χ0n) is 13.4. The lowest BCUT2D eigenvalue weighted by molar-refractivity contribution is 0.0996. The minimum atomic E-state index is -0.648. The van der Waals surface area contributed by atoms with E-state index in [0.717, 1.165) is 5.56 Å². The number of aliphatic hydroxyl groups is 1. The first-order valence-electron chi connectivity index (χ1n) is 7.44. The minimum absolute atomic E-state index is 0.126. The summed E-state index contributed by atoms with van der Waals surface area (Å²) in [5.41, 5.74) is 9.13. The smallest absolute Gasteiger partial charge is 0.254 e. The van der Waals surface area contributed by atoms with Gasteiger partial charge in [-0.25, -0.2) is 4.99 Å². The molecule has 0 aliphatic carbocycles. The molecule has 0 atom stereocenters. The van der Waals surface area contributed by atoms with E-state index in [1.54, 1.807) is 19.2 Å². The van der Waals surface area contributed by atoms with Gasteiger partial charge in [0, 0.05) is 17.1 Å². The summed E-state index contributed by atoms with van der Waals surface area (Å²) in [4.78, 5) is 20.4. The number of nitrogens with zero attached hydrogens (tertiary/aromatic N) is 2. The average Bonchev–Trinajstić information content (AvgIpc) is 2.55. The van der Waals surface area contributed by atoms with E-state index in [1.807, 2.05) is 31.2 Å². The molecule has 0 fully saturated rings. The largest absolute Gasteiger partial charge is 0.436 e. The van der Waals surface area contributed by atoms with Crippen molar-refractivity contribution in [3.63, 3.8) is 0 Å². The summed E-state index contributed by atoms with van der Waals surface area (Å²) in [6.07, 6.45) is 1.55. The summed E-state index contributed by atoms with van der Waals surface area (Å²) in [5, 5.41) is 10.1. The monoisotopic (exact) mass is 323 g/mol. The van der Waals surface area contributed by atoms with Crippen molar-refractivity contribution in [2.24, 2.45) is 10.7 Å². The molecule has 2 aromatic heterocycles. The summed E-state index contributed by atoms with van der Waals surface area (Å²) in [6.45, 7) is 3.52. The van der Waals surface area contributed by atoms with E-state index in [2.05, 4.69) is 9.98 Å². The van der Waals surface area contributed by atoms with Gasteiger partial charge in [-0.15, -0.1) is 0 Å². The Morgan fingerprint density at radius 2 is 2.12 bits per heavy atom. The second-order valence-corrected chi connectivity index (χ2v) is 5.55. The van der Waals surface area contributed by atoms with Crippen LogP contribution in [-0.4, -0.2) is 16.0 Å². The molecule has 6 heteroatoms. The molecular formula is C18H17N3O3. The van der Waals surface area contributed by atoms with Crippen molar-refractivity contribution in [3.8, 4) is 0 Å². The van der Waals surface area contributed by atoms with E-state index in [9.17, 15) is 9.90 Å². The number of amides is 1. The summed E-state index contributed by atoms with van der Waals surface area (Å²) in [7, 11) is 0. The number of pyridine rings is 1. The first kappa shape index (κ1) is 15.9. The molecule has 0 aliphatic rings. The number of hydrogen-bond acceptors (Lipinski definition) is 5. The van der Waals surface area contributed by atoms with Crippen LogP contribution in [0.1, 0.15) is 27.2 Å². The quantitative estimate of drug-likeness (QED) is 0.772. The molecule has 0 saturated heterocycles. The molecule has 1 amide bonds. The molecule has 24 heavy (non-hydrogen) atoms. The highest BCUT2D eigenvalue weighted by molar-refractivity contribution is 5.96. The second-order valence-electron chi connectivity index (χ2n) is 5.55. The van der Waals surface area contributed by atoms with Gasteiger partial charge in [0.1, 0.15) is 5.56 Å². The zero-order chi connectivity index (χ0) is 17.3. The Kier molecular flexibility index (Phi) is 4.14. The molecule has 3 aromatic rings. The number of rotatable bonds is 3. The fourth-order valence-corrected chi connectivity index (χ4v) is 2.49. The van der Waals surface area contributed by atoms with E-state index in [0.29, 0.717) is 27.9 Å². The van der Waals surface area contributed by atoms with Crippen LogP contribution in [0.5, 0.6) is 0 Å². The highest BCUT2D eigenvalue weighted by Gasteiger charge is 2.14. The van der Waals surface area contributed by atoms with Crippen molar-refractivity contribution in [2.45, 2.75) is 20.5 Å². The van der Waals surface area contributed by atoms with Gasteiger partial charge in [0.25, 0.3) is 5.91 Å². The normalized spacial score (nSPS) is 11.9. The summed E-state index contributed by atoms with van der Waals surface area (Å²) < 4.78 is 5.83. The number of aryl methyl sites for hydroxylation is 2. The summed E-state index contributed by atoms with van der Waals surface area (Å²) >= 11 is 0. The van der Waals surface area contributed by atoms with Crippen molar-refractivity contribution in [3.05, 3.63) is 64.5 Å². The molecule has 6 nitrogen and oxygen atoms in total. The van der Waals surface area contributed by atoms with Crippen LogP contribution in [0.3, 0.4) is 0 Å². The van der Waals surface area contributed by atoms with Gasteiger partial charge in [-0.3, -0.25) is 9.78 Å². The molecule has 122 valence electrons. The first-order valence-corrected chi connectivity index (χ1v) is 7.44. The van der Waals surface area contributed by atoms with Crippen LogP contribution >= 0.6 is 0 Å². The predicted molar refractivity (Wildman–Crippen MR) is 89.6 cm³/mol. The lowest BCUT2D eigenvalue weighted by atomic mass is 10.1. The average molecular weight is 323 g/mol. The third kappa shape index (κ3) is 2.91. The fourth-order valence-electron chi connectivity index (χ4n) is 2.49. The Hall–Kier alpha value is -2.99. The van der Waals surface area contributed by atoms with Gasteiger partial charge in [0.15, 0.2) is 5.58 Å². The first-order chi connectivity index (χ1) is 11.5. The van der Waals surface area contributed by atoms with Gasteiger partial charge in [0.2, 0.25) is 5.55 Å². The van der Waals surface area contributed by atoms with E-state index < -0.39 is 5.91 Å². The van der Waals surface area contributed by atoms with Gasteiger partial charge in [0.05, 0.1) is 18.0 Å². The van der Waals surface area contributed by atoms with Gasteiger partial charge in [-0.1, -0.05) is 12.1 Å². The molecule has 0 aliphatic heterocycles. The van der Waals surface area contributed by atoms with Crippen LogP contribution < -0.4 is 11.3 Å². The van der Waals surface area contributed by atoms with Gasteiger partial charge in [-0.05, 0) is 37.6 Å². The highest BCUT2D eigenvalue weighted by atomic mass is 16.3. The van der Waals surface area contributed by atoms with Crippen LogP contribution in [0, 0.1) is 13.8 Å². The molecule has 3 rings (SSSR count). The Morgan fingerprint density at radius 3 is 2.79 bits per heavy atom. The van der Waals surface area contributed by atoms with Gasteiger partial charge in [-0.2, -0.15) is 0 Å². The summed E-state index contributed by atoms with van der Waals surface area (Å²) in [6, 6.07) is 9.10. The number of aliphatic hydroxyl groups excluding tert-OH is 1. The Balaban J connectivity index is 2.37. The molecule has 1 aromatic carbocycles. The van der Waals surface area contributed by atoms with Crippen LogP contribution in [0.4, 0.5) is 5.69 Å². The van der Waals surface area contributed by atoms with Crippen molar-refractivity contribution in [2.75, 3.05) is 0 Å². The second kappa shape index (κ2) is 6.25. The fraction of sp³-hybridized carbons (Fsp3) is 0.167. The van der Waals surface area contributed by atoms with Crippen molar-refractivity contribution in [1.29, 1.82) is 0 Å². The zero-order valence-corrected chi connectivity index (χ0v) is 13.4. The number of primary amides is 1. The maximum Gasteiger partial charge on any atom is 0.254 e. The van der Waals surface area contributed by atoms with E-state index in [1.165, 1.54) is 0 Å². The molecule has 0 spiro atoms. The van der Waals surface area contributed by atoms with Crippen molar-refractivity contribution in [1.82, 2.24) is 4.98 Å². The molecule has 0 saturated carbocycles. The molecule has 0 unspecified atom stereocenters. The molecule has 2 heterocycles. The van der Waals surface area contributed by atoms with Crippen LogP contribution in [0.2, 0.25) is 0 Å². The molecule has 3 N–H and O–H groups in total. The topological polar surface area (TPSA) is 102 Å². The van der Waals surface area contributed by atoms with Gasteiger partial charge < -0.3 is 15.3 Å². The number of hydrogen-bond donors (Lipinski definition) is 2. The maximum absolute atomic E-state index is 11.8. The summed E-state index contributed by atoms with van der Waals surface area (Å²) in [5.74, 6) is -0.648. The molecule has 0 bridgehead atoms. The number of benzene rings is 1.